The summed E-state index contributed by atoms with van der Waals surface area (Å²) in [4.78, 5) is 0.213. The van der Waals surface area contributed by atoms with Crippen LogP contribution in [0.3, 0.4) is 0 Å². The molecule has 0 spiro atoms. The van der Waals surface area contributed by atoms with Gasteiger partial charge in [0.2, 0.25) is 0 Å². The number of nitrogens with one attached hydrogen (secondary N) is 1. The lowest BCUT2D eigenvalue weighted by atomic mass is 10.3. The van der Waals surface area contributed by atoms with Crippen LogP contribution in [-0.2, 0) is 10.2 Å². The molecule has 16 heavy (non-hydrogen) atoms. The minimum atomic E-state index is -3.78. The smallest absolute Gasteiger partial charge is 0.296 e. The summed E-state index contributed by atoms with van der Waals surface area (Å²) in [7, 11) is -3.78. The molecule has 0 unspecified atom stereocenters. The number of anilines is 1. The van der Waals surface area contributed by atoms with Gasteiger partial charge in [0.1, 0.15) is 17.3 Å². The molecule has 0 fully saturated rings. The normalized spacial score (nSPS) is 10.8. The Hall–Kier alpha value is -1.38. The van der Waals surface area contributed by atoms with Gasteiger partial charge in [-0.05, 0) is 12.1 Å². The molecule has 0 aliphatic heterocycles. The average Bonchev–Trinajstić information content (AvgIpc) is 2.12. The molecule has 1 aromatic carbocycles. The second kappa shape index (κ2) is 5.10. The van der Waals surface area contributed by atoms with Crippen molar-refractivity contribution >= 4 is 33.1 Å². The summed E-state index contributed by atoms with van der Waals surface area (Å²) in [5, 5.41) is 4.82. The molecule has 1 rings (SSSR count). The Bertz CT molecular complexity index is 487. The van der Waals surface area contributed by atoms with Crippen molar-refractivity contribution in [2.75, 3.05) is 11.3 Å². The number of nitrogens with two attached hydrogens (primary N) is 2. The molecule has 0 saturated heterocycles. The molecule has 0 amide bonds. The van der Waals surface area contributed by atoms with E-state index >= 15 is 0 Å². The average molecular weight is 261 g/mol. The first-order valence-electron chi connectivity index (χ1n) is 4.18. The van der Waals surface area contributed by atoms with Crippen molar-refractivity contribution in [1.29, 1.82) is 0 Å². The molecule has 88 valence electrons. The Labute approximate surface area is 98.8 Å². The summed E-state index contributed by atoms with van der Waals surface area (Å²) in [6.45, 7) is 0.0914. The van der Waals surface area contributed by atoms with Crippen LogP contribution in [0.4, 0.5) is 5.69 Å². The largest absolute Gasteiger partial charge is 0.486 e. The summed E-state index contributed by atoms with van der Waals surface area (Å²) >= 11 is 4.64. The first kappa shape index (κ1) is 12.7. The van der Waals surface area contributed by atoms with E-state index in [1.165, 1.54) is 12.1 Å². The number of rotatable bonds is 5. The molecule has 0 aromatic heterocycles. The Balaban J connectivity index is 2.75. The van der Waals surface area contributed by atoms with Crippen molar-refractivity contribution in [3.05, 3.63) is 24.3 Å². The maximum absolute atomic E-state index is 10.8. The van der Waals surface area contributed by atoms with Crippen LogP contribution < -0.4 is 20.3 Å². The third kappa shape index (κ3) is 4.91. The molecule has 8 heteroatoms. The SMILES string of the molecule is NC(=S)COc1cccc(NS(N)(=O)=O)c1. The van der Waals surface area contributed by atoms with Crippen molar-refractivity contribution in [2.24, 2.45) is 10.9 Å². The fraction of sp³-hybridized carbons (Fsp3) is 0.125. The van der Waals surface area contributed by atoms with Crippen LogP contribution in [0.25, 0.3) is 0 Å². The Morgan fingerprint density at radius 1 is 1.50 bits per heavy atom. The lowest BCUT2D eigenvalue weighted by Gasteiger charge is -2.07. The summed E-state index contributed by atoms with van der Waals surface area (Å²) in [6, 6.07) is 6.27. The van der Waals surface area contributed by atoms with Gasteiger partial charge >= 0.3 is 0 Å². The van der Waals surface area contributed by atoms with Gasteiger partial charge in [0.05, 0.1) is 5.69 Å². The monoisotopic (exact) mass is 261 g/mol. The molecule has 6 nitrogen and oxygen atoms in total. The van der Waals surface area contributed by atoms with Gasteiger partial charge in [-0.3, -0.25) is 4.72 Å². The van der Waals surface area contributed by atoms with Gasteiger partial charge in [-0.25, -0.2) is 5.14 Å². The molecule has 0 saturated carbocycles. The van der Waals surface area contributed by atoms with Gasteiger partial charge in [0.15, 0.2) is 0 Å². The summed E-state index contributed by atoms with van der Waals surface area (Å²) in [5.41, 5.74) is 5.56. The number of hydrogen-bond acceptors (Lipinski definition) is 4. The Morgan fingerprint density at radius 3 is 2.75 bits per heavy atom. The lowest BCUT2D eigenvalue weighted by molar-refractivity contribution is 0.378. The molecule has 0 radical (unpaired) electrons. The highest BCUT2D eigenvalue weighted by atomic mass is 32.2. The third-order valence-electron chi connectivity index (χ3n) is 1.48. The van der Waals surface area contributed by atoms with Crippen LogP contribution in [-0.4, -0.2) is 20.0 Å². The van der Waals surface area contributed by atoms with Crippen molar-refractivity contribution < 1.29 is 13.2 Å². The maximum Gasteiger partial charge on any atom is 0.296 e. The highest BCUT2D eigenvalue weighted by Gasteiger charge is 2.03. The summed E-state index contributed by atoms with van der Waals surface area (Å²) < 4.78 is 28.8. The van der Waals surface area contributed by atoms with E-state index in [-0.39, 0.29) is 11.6 Å². The van der Waals surface area contributed by atoms with Crippen molar-refractivity contribution in [1.82, 2.24) is 0 Å². The van der Waals surface area contributed by atoms with Gasteiger partial charge < -0.3 is 10.5 Å². The standard InChI is InChI=1S/C8H11N3O3S2/c9-8(15)5-14-7-3-1-2-6(4-7)11-16(10,12)13/h1-4,11H,5H2,(H2,9,15)(H2,10,12,13). The van der Waals surface area contributed by atoms with Crippen molar-refractivity contribution in [2.45, 2.75) is 0 Å². The third-order valence-corrected chi connectivity index (χ3v) is 2.11. The van der Waals surface area contributed by atoms with Crippen molar-refractivity contribution in [3.63, 3.8) is 0 Å². The highest BCUT2D eigenvalue weighted by Crippen LogP contribution is 2.17. The van der Waals surface area contributed by atoms with Crippen LogP contribution in [0.1, 0.15) is 0 Å². The second-order valence-corrected chi connectivity index (χ2v) is 4.75. The number of ether oxygens (including phenoxy) is 1. The lowest BCUT2D eigenvalue weighted by Crippen LogP contribution is -2.21. The van der Waals surface area contributed by atoms with Crippen LogP contribution in [0.2, 0.25) is 0 Å². The fourth-order valence-corrected chi connectivity index (χ4v) is 1.48. The van der Waals surface area contributed by atoms with E-state index < -0.39 is 10.2 Å². The van der Waals surface area contributed by atoms with E-state index in [4.69, 9.17) is 15.6 Å². The van der Waals surface area contributed by atoms with E-state index in [1.54, 1.807) is 12.1 Å². The predicted molar refractivity (Wildman–Crippen MR) is 65.5 cm³/mol. The molecule has 0 atom stereocenters. The summed E-state index contributed by atoms with van der Waals surface area (Å²) in [5.74, 6) is 0.446. The van der Waals surface area contributed by atoms with Gasteiger partial charge in [0, 0.05) is 6.07 Å². The molecule has 1 aromatic rings. The van der Waals surface area contributed by atoms with Crippen LogP contribution in [0, 0.1) is 0 Å². The molecule has 0 bridgehead atoms. The minimum Gasteiger partial charge on any atom is -0.486 e. The Kier molecular flexibility index (Phi) is 4.05. The second-order valence-electron chi connectivity index (χ2n) is 2.93. The molecule has 0 aliphatic carbocycles. The summed E-state index contributed by atoms with van der Waals surface area (Å²) in [6.07, 6.45) is 0. The first-order chi connectivity index (χ1) is 7.37. The van der Waals surface area contributed by atoms with Crippen molar-refractivity contribution in [3.8, 4) is 5.75 Å². The first-order valence-corrected chi connectivity index (χ1v) is 6.14. The van der Waals surface area contributed by atoms with E-state index in [2.05, 4.69) is 16.9 Å². The molecular formula is C8H11N3O3S2. The number of benzene rings is 1. The van der Waals surface area contributed by atoms with Gasteiger partial charge in [0.25, 0.3) is 10.2 Å². The van der Waals surface area contributed by atoms with Gasteiger partial charge in [-0.2, -0.15) is 8.42 Å². The van der Waals surface area contributed by atoms with Gasteiger partial charge in [-0.15, -0.1) is 0 Å². The number of thiocarbonyl (C=S) groups is 1. The zero-order valence-electron chi connectivity index (χ0n) is 8.21. The molecule has 0 aliphatic rings. The van der Waals surface area contributed by atoms with Crippen LogP contribution >= 0.6 is 12.2 Å². The molecule has 0 heterocycles. The van der Waals surface area contributed by atoms with E-state index in [0.717, 1.165) is 0 Å². The van der Waals surface area contributed by atoms with E-state index in [0.29, 0.717) is 11.4 Å². The van der Waals surface area contributed by atoms with E-state index in [9.17, 15) is 8.42 Å². The number of hydrogen-bond donors (Lipinski definition) is 3. The van der Waals surface area contributed by atoms with Crippen LogP contribution in [0.5, 0.6) is 5.75 Å². The molecular weight excluding hydrogens is 250 g/mol. The fourth-order valence-electron chi connectivity index (χ4n) is 0.968. The quantitative estimate of drug-likeness (QED) is 0.645. The highest BCUT2D eigenvalue weighted by molar-refractivity contribution is 7.90. The predicted octanol–water partition coefficient (Wildman–Crippen LogP) is -0.0331. The van der Waals surface area contributed by atoms with E-state index in [1.807, 2.05) is 0 Å². The Morgan fingerprint density at radius 2 is 2.19 bits per heavy atom. The maximum atomic E-state index is 10.8. The van der Waals surface area contributed by atoms with Gasteiger partial charge in [-0.1, -0.05) is 18.3 Å². The zero-order chi connectivity index (χ0) is 12.2. The minimum absolute atomic E-state index is 0.0914. The molecule has 5 N–H and O–H groups in total. The topological polar surface area (TPSA) is 107 Å². The van der Waals surface area contributed by atoms with Crippen LogP contribution in [0.15, 0.2) is 24.3 Å². The zero-order valence-corrected chi connectivity index (χ0v) is 9.85.